The summed E-state index contributed by atoms with van der Waals surface area (Å²) < 4.78 is 5.52. The van der Waals surface area contributed by atoms with Crippen LogP contribution >= 0.6 is 11.8 Å². The van der Waals surface area contributed by atoms with Crippen molar-refractivity contribution in [1.82, 2.24) is 5.32 Å². The van der Waals surface area contributed by atoms with Crippen LogP contribution in [0.5, 0.6) is 0 Å². The van der Waals surface area contributed by atoms with Crippen LogP contribution in [0.25, 0.3) is 0 Å². The van der Waals surface area contributed by atoms with Gasteiger partial charge in [0.05, 0.1) is 5.75 Å². The largest absolute Gasteiger partial charge is 0.455 e. The Morgan fingerprint density at radius 2 is 2.32 bits per heavy atom. The van der Waals surface area contributed by atoms with Gasteiger partial charge in [0.15, 0.2) is 5.76 Å². The molecule has 0 radical (unpaired) electrons. The topological polar surface area (TPSA) is 42.2 Å². The van der Waals surface area contributed by atoms with E-state index in [1.54, 1.807) is 17.8 Å². The molecule has 1 aliphatic rings. The second-order valence-corrected chi connectivity index (χ2v) is 5.78. The minimum atomic E-state index is -0.119. The van der Waals surface area contributed by atoms with Gasteiger partial charge in [-0.3, -0.25) is 4.79 Å². The molecule has 19 heavy (non-hydrogen) atoms. The first-order chi connectivity index (χ1) is 9.20. The summed E-state index contributed by atoms with van der Waals surface area (Å²) >= 11 is 1.68. The van der Waals surface area contributed by atoms with Crippen LogP contribution in [0, 0.1) is 0 Å². The van der Waals surface area contributed by atoms with Gasteiger partial charge in [0.1, 0.15) is 5.76 Å². The third-order valence-corrected chi connectivity index (χ3v) is 3.98. The molecule has 0 aliphatic heterocycles. The van der Waals surface area contributed by atoms with Crippen LogP contribution in [0.4, 0.5) is 0 Å². The third-order valence-electron chi connectivity index (χ3n) is 3.40. The average Bonchev–Trinajstić information content (AvgIpc) is 2.89. The Hall–Kier alpha value is -1.16. The molecule has 0 aromatic carbocycles. The molecule has 1 atom stereocenters. The van der Waals surface area contributed by atoms with E-state index in [0.717, 1.165) is 24.4 Å². The van der Waals surface area contributed by atoms with Crippen molar-refractivity contribution >= 4 is 17.7 Å². The zero-order valence-electron chi connectivity index (χ0n) is 11.6. The molecule has 1 aromatic heterocycles. The number of hydrogen-bond acceptors (Lipinski definition) is 3. The molecular weight excluding hydrogens is 258 g/mol. The summed E-state index contributed by atoms with van der Waals surface area (Å²) in [5.41, 5.74) is 1.34. The van der Waals surface area contributed by atoms with Gasteiger partial charge >= 0.3 is 0 Å². The monoisotopic (exact) mass is 279 g/mol. The number of carbonyl (C=O) groups is 1. The van der Waals surface area contributed by atoms with E-state index in [1.807, 2.05) is 19.2 Å². The maximum absolute atomic E-state index is 12.1. The highest BCUT2D eigenvalue weighted by Gasteiger charge is 2.17. The van der Waals surface area contributed by atoms with Crippen LogP contribution < -0.4 is 5.32 Å². The highest BCUT2D eigenvalue weighted by atomic mass is 32.2. The lowest BCUT2D eigenvalue weighted by Gasteiger charge is -2.20. The van der Waals surface area contributed by atoms with E-state index >= 15 is 0 Å². The summed E-state index contributed by atoms with van der Waals surface area (Å²) in [4.78, 5) is 12.1. The number of thioether (sulfide) groups is 1. The van der Waals surface area contributed by atoms with Crippen molar-refractivity contribution in [2.45, 2.75) is 44.4 Å². The zero-order chi connectivity index (χ0) is 13.7. The van der Waals surface area contributed by atoms with Crippen LogP contribution in [0.3, 0.4) is 0 Å². The number of furan rings is 1. The van der Waals surface area contributed by atoms with E-state index in [-0.39, 0.29) is 11.9 Å². The van der Waals surface area contributed by atoms with E-state index in [2.05, 4.69) is 11.4 Å². The van der Waals surface area contributed by atoms with E-state index in [1.165, 1.54) is 18.4 Å². The predicted molar refractivity (Wildman–Crippen MR) is 79.4 cm³/mol. The quantitative estimate of drug-likeness (QED) is 0.834. The maximum Gasteiger partial charge on any atom is 0.287 e. The Morgan fingerprint density at radius 3 is 3.00 bits per heavy atom. The molecule has 1 amide bonds. The molecule has 1 unspecified atom stereocenters. The normalized spacial score (nSPS) is 16.8. The maximum atomic E-state index is 12.1. The molecule has 1 aromatic rings. The van der Waals surface area contributed by atoms with Gasteiger partial charge < -0.3 is 9.73 Å². The minimum absolute atomic E-state index is 0.0990. The predicted octanol–water partition coefficient (Wildman–Crippen LogP) is 3.76. The summed E-state index contributed by atoms with van der Waals surface area (Å²) in [5.74, 6) is 1.94. The van der Waals surface area contributed by atoms with Crippen molar-refractivity contribution in [1.29, 1.82) is 0 Å². The van der Waals surface area contributed by atoms with Gasteiger partial charge in [-0.15, -0.1) is 0 Å². The van der Waals surface area contributed by atoms with E-state index in [0.29, 0.717) is 5.76 Å². The molecule has 3 nitrogen and oxygen atoms in total. The van der Waals surface area contributed by atoms with Crippen molar-refractivity contribution in [3.05, 3.63) is 35.3 Å². The summed E-state index contributed by atoms with van der Waals surface area (Å²) in [5, 5.41) is 3.01. The minimum Gasteiger partial charge on any atom is -0.455 e. The van der Waals surface area contributed by atoms with Crippen molar-refractivity contribution in [2.75, 3.05) is 6.26 Å². The number of rotatable bonds is 5. The van der Waals surface area contributed by atoms with Crippen LogP contribution in [-0.4, -0.2) is 18.2 Å². The fourth-order valence-electron chi connectivity index (χ4n) is 2.34. The summed E-state index contributed by atoms with van der Waals surface area (Å²) in [6.07, 6.45) is 8.99. The second kappa shape index (κ2) is 6.85. The fraction of sp³-hybridized carbons (Fsp3) is 0.533. The Morgan fingerprint density at radius 1 is 1.47 bits per heavy atom. The van der Waals surface area contributed by atoms with Gasteiger partial charge in [-0.25, -0.2) is 0 Å². The van der Waals surface area contributed by atoms with Crippen LogP contribution in [0.1, 0.15) is 48.9 Å². The van der Waals surface area contributed by atoms with E-state index in [4.69, 9.17) is 4.42 Å². The Balaban J connectivity index is 1.93. The SMILES string of the molecule is CSCc1ccc(C(=O)NC(C)C2=CCCCC2)o1. The number of hydrogen-bond donors (Lipinski definition) is 1. The van der Waals surface area contributed by atoms with Crippen LogP contribution in [-0.2, 0) is 5.75 Å². The Labute approximate surface area is 118 Å². The van der Waals surface area contributed by atoms with Gasteiger partial charge in [-0.1, -0.05) is 11.6 Å². The first-order valence-electron chi connectivity index (χ1n) is 6.78. The number of amides is 1. The van der Waals surface area contributed by atoms with Gasteiger partial charge in [-0.2, -0.15) is 11.8 Å². The molecule has 4 heteroatoms. The standard InChI is InChI=1S/C15H21NO2S/c1-11(12-6-4-3-5-7-12)16-15(17)14-9-8-13(18-14)10-19-2/h6,8-9,11H,3-5,7,10H2,1-2H3,(H,16,17). The molecule has 104 valence electrons. The summed E-state index contributed by atoms with van der Waals surface area (Å²) in [7, 11) is 0. The average molecular weight is 279 g/mol. The van der Waals surface area contributed by atoms with Crippen molar-refractivity contribution < 1.29 is 9.21 Å². The first kappa shape index (κ1) is 14.3. The lowest BCUT2D eigenvalue weighted by molar-refractivity contribution is 0.0915. The number of nitrogens with one attached hydrogen (secondary N) is 1. The zero-order valence-corrected chi connectivity index (χ0v) is 12.4. The highest BCUT2D eigenvalue weighted by molar-refractivity contribution is 7.97. The first-order valence-corrected chi connectivity index (χ1v) is 8.17. The Bertz CT molecular complexity index is 464. The molecule has 0 saturated carbocycles. The summed E-state index contributed by atoms with van der Waals surface area (Å²) in [6, 6.07) is 3.72. The smallest absolute Gasteiger partial charge is 0.287 e. The fourth-order valence-corrected chi connectivity index (χ4v) is 2.78. The molecule has 1 heterocycles. The van der Waals surface area contributed by atoms with Gasteiger partial charge in [0.2, 0.25) is 0 Å². The van der Waals surface area contributed by atoms with Crippen molar-refractivity contribution in [3.63, 3.8) is 0 Å². The molecule has 1 aliphatic carbocycles. The third kappa shape index (κ3) is 3.90. The van der Waals surface area contributed by atoms with Crippen LogP contribution in [0.15, 0.2) is 28.2 Å². The number of carbonyl (C=O) groups excluding carboxylic acids is 1. The number of allylic oxidation sites excluding steroid dienone is 1. The molecule has 0 fully saturated rings. The second-order valence-electron chi connectivity index (χ2n) is 4.92. The van der Waals surface area contributed by atoms with Crippen molar-refractivity contribution in [2.24, 2.45) is 0 Å². The molecular formula is C15H21NO2S. The Kier molecular flexibility index (Phi) is 5.14. The van der Waals surface area contributed by atoms with E-state index in [9.17, 15) is 4.79 Å². The van der Waals surface area contributed by atoms with Crippen molar-refractivity contribution in [3.8, 4) is 0 Å². The molecule has 2 rings (SSSR count). The summed E-state index contributed by atoms with van der Waals surface area (Å²) in [6.45, 7) is 2.04. The van der Waals surface area contributed by atoms with Gasteiger partial charge in [0.25, 0.3) is 5.91 Å². The lowest BCUT2D eigenvalue weighted by Crippen LogP contribution is -2.34. The van der Waals surface area contributed by atoms with Gasteiger partial charge in [-0.05, 0) is 51.0 Å². The van der Waals surface area contributed by atoms with E-state index < -0.39 is 0 Å². The van der Waals surface area contributed by atoms with Gasteiger partial charge in [0, 0.05) is 6.04 Å². The highest BCUT2D eigenvalue weighted by Crippen LogP contribution is 2.20. The lowest BCUT2D eigenvalue weighted by atomic mass is 9.95. The molecule has 0 bridgehead atoms. The molecule has 1 N–H and O–H groups in total. The molecule has 0 saturated heterocycles. The molecule has 0 spiro atoms. The van der Waals surface area contributed by atoms with Crippen LogP contribution in [0.2, 0.25) is 0 Å².